The molecule has 106 valence electrons. The van der Waals surface area contributed by atoms with Crippen LogP contribution in [0.4, 0.5) is 0 Å². The van der Waals surface area contributed by atoms with Crippen molar-refractivity contribution in [3.8, 4) is 0 Å². The van der Waals surface area contributed by atoms with Crippen LogP contribution >= 0.6 is 0 Å². The molecule has 1 N–H and O–H groups in total. The molecule has 0 aromatic carbocycles. The van der Waals surface area contributed by atoms with Crippen LogP contribution in [0.2, 0.25) is 0 Å². The highest BCUT2D eigenvalue weighted by Crippen LogP contribution is 2.26. The normalized spacial score (nSPS) is 26.1. The van der Waals surface area contributed by atoms with Gasteiger partial charge in [-0.15, -0.1) is 0 Å². The van der Waals surface area contributed by atoms with Crippen LogP contribution in [0.25, 0.3) is 0 Å². The van der Waals surface area contributed by atoms with Crippen molar-refractivity contribution in [3.05, 3.63) is 0 Å². The van der Waals surface area contributed by atoms with Gasteiger partial charge in [0.25, 0.3) is 0 Å². The highest BCUT2D eigenvalue weighted by molar-refractivity contribution is 7.89. The summed E-state index contributed by atoms with van der Waals surface area (Å²) in [4.78, 5) is 11.1. The van der Waals surface area contributed by atoms with Gasteiger partial charge in [-0.3, -0.25) is 4.79 Å². The molecule has 0 amide bonds. The van der Waals surface area contributed by atoms with Crippen LogP contribution < -0.4 is 0 Å². The zero-order chi connectivity index (χ0) is 13.8. The first-order valence-electron chi connectivity index (χ1n) is 6.20. The lowest BCUT2D eigenvalue weighted by Crippen LogP contribution is -2.50. The number of nitrogens with zero attached hydrogens (tertiary/aromatic N) is 1. The Balaban J connectivity index is 2.71. The second-order valence-electron chi connectivity index (χ2n) is 4.45. The van der Waals surface area contributed by atoms with Gasteiger partial charge in [-0.25, -0.2) is 8.42 Å². The third-order valence-electron chi connectivity index (χ3n) is 3.29. The highest BCUT2D eigenvalue weighted by Gasteiger charge is 2.38. The SMILES string of the molecule is CCOCCS(=O)(=O)N1CCC[C@H](C(=O)O)[C@@H]1C. The van der Waals surface area contributed by atoms with E-state index in [4.69, 9.17) is 9.84 Å². The summed E-state index contributed by atoms with van der Waals surface area (Å²) in [6.07, 6.45) is 1.13. The van der Waals surface area contributed by atoms with E-state index in [-0.39, 0.29) is 12.4 Å². The van der Waals surface area contributed by atoms with E-state index >= 15 is 0 Å². The fourth-order valence-corrected chi connectivity index (χ4v) is 3.88. The molecule has 2 atom stereocenters. The second kappa shape index (κ2) is 6.49. The Bertz CT molecular complexity index is 381. The maximum atomic E-state index is 12.1. The summed E-state index contributed by atoms with van der Waals surface area (Å²) in [5.41, 5.74) is 0. The van der Waals surface area contributed by atoms with E-state index in [1.807, 2.05) is 0 Å². The third-order valence-corrected chi connectivity index (χ3v) is 5.21. The fraction of sp³-hybridized carbons (Fsp3) is 0.909. The molecule has 1 aliphatic heterocycles. The van der Waals surface area contributed by atoms with E-state index in [1.165, 1.54) is 4.31 Å². The summed E-state index contributed by atoms with van der Waals surface area (Å²) in [6.45, 7) is 4.49. The molecule has 0 aromatic heterocycles. The van der Waals surface area contributed by atoms with Gasteiger partial charge in [0.05, 0.1) is 18.3 Å². The Morgan fingerprint density at radius 1 is 1.50 bits per heavy atom. The molecule has 7 heteroatoms. The summed E-state index contributed by atoms with van der Waals surface area (Å²) in [6, 6.07) is -0.483. The van der Waals surface area contributed by atoms with Crippen molar-refractivity contribution >= 4 is 16.0 Å². The molecule has 0 bridgehead atoms. The van der Waals surface area contributed by atoms with Crippen LogP contribution in [0.15, 0.2) is 0 Å². The number of hydrogen-bond acceptors (Lipinski definition) is 4. The van der Waals surface area contributed by atoms with Crippen molar-refractivity contribution < 1.29 is 23.1 Å². The Hall–Kier alpha value is -0.660. The van der Waals surface area contributed by atoms with Gasteiger partial charge in [0.15, 0.2) is 0 Å². The molecule has 0 radical (unpaired) electrons. The van der Waals surface area contributed by atoms with Crippen LogP contribution in [0.5, 0.6) is 0 Å². The first-order chi connectivity index (χ1) is 8.40. The smallest absolute Gasteiger partial charge is 0.308 e. The average molecular weight is 279 g/mol. The highest BCUT2D eigenvalue weighted by atomic mass is 32.2. The lowest BCUT2D eigenvalue weighted by atomic mass is 9.92. The standard InChI is InChI=1S/C11H21NO5S/c1-3-17-7-8-18(15,16)12-6-4-5-10(9(12)2)11(13)14/h9-10H,3-8H2,1-2H3,(H,13,14)/t9-,10-/m0/s1. The molecule has 0 saturated carbocycles. The summed E-state index contributed by atoms with van der Waals surface area (Å²) in [7, 11) is -3.43. The monoisotopic (exact) mass is 279 g/mol. The third kappa shape index (κ3) is 3.66. The predicted octanol–water partition coefficient (Wildman–Crippen LogP) is 0.538. The molecule has 1 aliphatic rings. The molecule has 0 unspecified atom stereocenters. The lowest BCUT2D eigenvalue weighted by Gasteiger charge is -2.36. The van der Waals surface area contributed by atoms with Gasteiger partial charge in [0, 0.05) is 19.2 Å². The Morgan fingerprint density at radius 2 is 2.17 bits per heavy atom. The number of carboxylic acid groups (broad SMARTS) is 1. The quantitative estimate of drug-likeness (QED) is 0.717. The van der Waals surface area contributed by atoms with Crippen molar-refractivity contribution in [2.45, 2.75) is 32.7 Å². The van der Waals surface area contributed by atoms with Crippen LogP contribution in [0.3, 0.4) is 0 Å². The number of piperidine rings is 1. The van der Waals surface area contributed by atoms with Crippen molar-refractivity contribution in [2.24, 2.45) is 5.92 Å². The Kier molecular flexibility index (Phi) is 5.55. The summed E-state index contributed by atoms with van der Waals surface area (Å²) < 4.78 is 30.5. The Morgan fingerprint density at radius 3 is 2.72 bits per heavy atom. The number of rotatable bonds is 6. The summed E-state index contributed by atoms with van der Waals surface area (Å²) in [5.74, 6) is -1.62. The maximum absolute atomic E-state index is 12.1. The maximum Gasteiger partial charge on any atom is 0.308 e. The first-order valence-corrected chi connectivity index (χ1v) is 7.81. The van der Waals surface area contributed by atoms with Crippen LogP contribution in [-0.4, -0.2) is 55.4 Å². The van der Waals surface area contributed by atoms with Crippen molar-refractivity contribution in [1.82, 2.24) is 4.31 Å². The molecule has 1 rings (SSSR count). The van der Waals surface area contributed by atoms with Crippen molar-refractivity contribution in [2.75, 3.05) is 25.5 Å². The van der Waals surface area contributed by atoms with Crippen LogP contribution in [-0.2, 0) is 19.6 Å². The van der Waals surface area contributed by atoms with Gasteiger partial charge in [0.2, 0.25) is 10.0 Å². The molecule has 1 saturated heterocycles. The average Bonchev–Trinajstić information content (AvgIpc) is 2.28. The molecular weight excluding hydrogens is 258 g/mol. The summed E-state index contributed by atoms with van der Waals surface area (Å²) >= 11 is 0. The van der Waals surface area contributed by atoms with E-state index in [1.54, 1.807) is 13.8 Å². The number of carboxylic acids is 1. The number of carbonyl (C=O) groups is 1. The van der Waals surface area contributed by atoms with Gasteiger partial charge in [-0.2, -0.15) is 4.31 Å². The lowest BCUT2D eigenvalue weighted by molar-refractivity contribution is -0.144. The minimum atomic E-state index is -3.43. The molecule has 18 heavy (non-hydrogen) atoms. The van der Waals surface area contributed by atoms with Crippen molar-refractivity contribution in [3.63, 3.8) is 0 Å². The molecule has 0 aliphatic carbocycles. The zero-order valence-corrected chi connectivity index (χ0v) is 11.6. The van der Waals surface area contributed by atoms with Gasteiger partial charge < -0.3 is 9.84 Å². The number of sulfonamides is 1. The van der Waals surface area contributed by atoms with E-state index in [0.29, 0.717) is 26.0 Å². The first kappa shape index (κ1) is 15.4. The largest absolute Gasteiger partial charge is 0.481 e. The molecule has 6 nitrogen and oxygen atoms in total. The van der Waals surface area contributed by atoms with E-state index < -0.39 is 28.0 Å². The van der Waals surface area contributed by atoms with E-state index in [0.717, 1.165) is 0 Å². The van der Waals surface area contributed by atoms with E-state index in [9.17, 15) is 13.2 Å². The molecule has 1 fully saturated rings. The van der Waals surface area contributed by atoms with Crippen LogP contribution in [0, 0.1) is 5.92 Å². The fourth-order valence-electron chi connectivity index (χ4n) is 2.26. The number of hydrogen-bond donors (Lipinski definition) is 1. The van der Waals surface area contributed by atoms with Gasteiger partial charge in [-0.05, 0) is 26.7 Å². The minimum absolute atomic E-state index is 0.0858. The van der Waals surface area contributed by atoms with Crippen molar-refractivity contribution in [1.29, 1.82) is 0 Å². The predicted molar refractivity (Wildman–Crippen MR) is 66.8 cm³/mol. The minimum Gasteiger partial charge on any atom is -0.481 e. The zero-order valence-electron chi connectivity index (χ0n) is 10.8. The number of aliphatic carboxylic acids is 1. The number of ether oxygens (including phenoxy) is 1. The van der Waals surface area contributed by atoms with Crippen LogP contribution in [0.1, 0.15) is 26.7 Å². The summed E-state index contributed by atoms with van der Waals surface area (Å²) in [5, 5.41) is 9.06. The van der Waals surface area contributed by atoms with E-state index in [2.05, 4.69) is 0 Å². The molecule has 0 spiro atoms. The molecule has 0 aromatic rings. The molecule has 1 heterocycles. The second-order valence-corrected chi connectivity index (χ2v) is 6.49. The Labute approximate surface area is 108 Å². The van der Waals surface area contributed by atoms with Gasteiger partial charge in [0.1, 0.15) is 0 Å². The van der Waals surface area contributed by atoms with Gasteiger partial charge in [-0.1, -0.05) is 0 Å². The molecular formula is C11H21NO5S. The van der Waals surface area contributed by atoms with Gasteiger partial charge >= 0.3 is 5.97 Å². The topological polar surface area (TPSA) is 83.9 Å².